The minimum absolute atomic E-state index is 0.136. The molecule has 0 bridgehead atoms. The summed E-state index contributed by atoms with van der Waals surface area (Å²) in [5, 5.41) is 10.2. The summed E-state index contributed by atoms with van der Waals surface area (Å²) in [7, 11) is 0. The smallest absolute Gasteiger partial charge is 0.321 e. The minimum Gasteiger partial charge on any atom is -0.336 e. The molecular weight excluding hydrogens is 388 g/mol. The van der Waals surface area contributed by atoms with E-state index in [4.69, 9.17) is 0 Å². The van der Waals surface area contributed by atoms with Gasteiger partial charge in [0, 0.05) is 35.7 Å². The first kappa shape index (κ1) is 18.7. The van der Waals surface area contributed by atoms with Crippen LogP contribution in [0.25, 0.3) is 0 Å². The van der Waals surface area contributed by atoms with Crippen LogP contribution in [-0.4, -0.2) is 30.9 Å². The van der Waals surface area contributed by atoms with Gasteiger partial charge >= 0.3 is 6.03 Å². The molecule has 146 valence electrons. The molecule has 4 rings (SSSR count). The van der Waals surface area contributed by atoms with E-state index in [9.17, 15) is 14.4 Å². The molecule has 1 aliphatic heterocycles. The van der Waals surface area contributed by atoms with Gasteiger partial charge in [-0.05, 0) is 53.9 Å². The van der Waals surface area contributed by atoms with Gasteiger partial charge in [-0.3, -0.25) is 14.5 Å². The number of amides is 4. The zero-order chi connectivity index (χ0) is 20.2. The Kier molecular flexibility index (Phi) is 5.26. The van der Waals surface area contributed by atoms with Crippen LogP contribution in [0.5, 0.6) is 0 Å². The highest BCUT2D eigenvalue weighted by atomic mass is 32.1. The predicted octanol–water partition coefficient (Wildman–Crippen LogP) is 3.78. The number of carbonyl (C=O) groups excluding carboxylic acids is 3. The van der Waals surface area contributed by atoms with Gasteiger partial charge in [-0.2, -0.15) is 0 Å². The first-order chi connectivity index (χ1) is 14.1. The Morgan fingerprint density at radius 2 is 1.66 bits per heavy atom. The Labute approximate surface area is 171 Å². The van der Waals surface area contributed by atoms with E-state index in [1.807, 2.05) is 11.4 Å². The fourth-order valence-corrected chi connectivity index (χ4v) is 3.61. The molecule has 3 aromatic rings. The first-order valence-electron chi connectivity index (χ1n) is 9.02. The van der Waals surface area contributed by atoms with Gasteiger partial charge in [-0.1, -0.05) is 12.1 Å². The van der Waals surface area contributed by atoms with Crippen LogP contribution in [0.15, 0.2) is 66.0 Å². The summed E-state index contributed by atoms with van der Waals surface area (Å²) in [6, 6.07) is 17.3. The lowest BCUT2D eigenvalue weighted by atomic mass is 10.1. The Morgan fingerprint density at radius 1 is 0.931 bits per heavy atom. The van der Waals surface area contributed by atoms with E-state index in [0.29, 0.717) is 34.9 Å². The second-order valence-corrected chi connectivity index (χ2v) is 7.34. The largest absolute Gasteiger partial charge is 0.336 e. The zero-order valence-corrected chi connectivity index (χ0v) is 16.2. The van der Waals surface area contributed by atoms with E-state index in [0.717, 1.165) is 5.69 Å². The van der Waals surface area contributed by atoms with Crippen LogP contribution in [0.1, 0.15) is 20.0 Å². The molecule has 0 saturated carbocycles. The number of carbonyl (C=O) groups is 3. The van der Waals surface area contributed by atoms with Gasteiger partial charge in [0.25, 0.3) is 11.8 Å². The normalized spacial score (nSPS) is 13.1. The topological polar surface area (TPSA) is 90.5 Å². The highest BCUT2D eigenvalue weighted by Crippen LogP contribution is 2.20. The molecule has 0 radical (unpaired) electrons. The molecule has 1 aliphatic rings. The van der Waals surface area contributed by atoms with Gasteiger partial charge in [-0.25, -0.2) is 4.79 Å². The summed E-state index contributed by atoms with van der Waals surface area (Å²) < 4.78 is 0. The molecule has 7 nitrogen and oxygen atoms in total. The molecule has 29 heavy (non-hydrogen) atoms. The van der Waals surface area contributed by atoms with Crippen LogP contribution in [0.2, 0.25) is 0 Å². The van der Waals surface area contributed by atoms with E-state index in [1.165, 1.54) is 11.3 Å². The van der Waals surface area contributed by atoms with E-state index < -0.39 is 0 Å². The highest BCUT2D eigenvalue weighted by Gasteiger charge is 2.21. The molecule has 4 amide bonds. The van der Waals surface area contributed by atoms with Gasteiger partial charge in [-0.15, -0.1) is 11.3 Å². The molecule has 0 aliphatic carbocycles. The number of rotatable bonds is 5. The molecule has 2 aromatic carbocycles. The van der Waals surface area contributed by atoms with Gasteiger partial charge in [0.15, 0.2) is 0 Å². The Bertz CT molecular complexity index is 1050. The average molecular weight is 406 g/mol. The van der Waals surface area contributed by atoms with Crippen molar-refractivity contribution < 1.29 is 14.4 Å². The lowest BCUT2D eigenvalue weighted by molar-refractivity contribution is 0.102. The number of benzene rings is 2. The third-order valence-electron chi connectivity index (χ3n) is 4.42. The molecule has 0 spiro atoms. The number of anilines is 3. The fourth-order valence-electron chi connectivity index (χ4n) is 2.99. The zero-order valence-electron chi connectivity index (χ0n) is 15.3. The number of thiophene rings is 1. The van der Waals surface area contributed by atoms with Crippen LogP contribution >= 0.6 is 11.3 Å². The molecule has 0 unspecified atom stereocenters. The number of nitrogens with one attached hydrogen (secondary N) is 3. The molecule has 1 aromatic heterocycles. The molecule has 2 heterocycles. The average Bonchev–Trinajstić information content (AvgIpc) is 3.40. The first-order valence-corrected chi connectivity index (χ1v) is 9.90. The lowest BCUT2D eigenvalue weighted by Crippen LogP contribution is -2.27. The maximum absolute atomic E-state index is 12.5. The third kappa shape index (κ3) is 4.27. The van der Waals surface area contributed by atoms with Gasteiger partial charge in [0.2, 0.25) is 0 Å². The van der Waals surface area contributed by atoms with Crippen LogP contribution in [0.3, 0.4) is 0 Å². The van der Waals surface area contributed by atoms with Crippen molar-refractivity contribution in [1.82, 2.24) is 5.32 Å². The maximum atomic E-state index is 12.5. The summed E-state index contributed by atoms with van der Waals surface area (Å²) in [5.41, 5.74) is 2.38. The maximum Gasteiger partial charge on any atom is 0.321 e. The van der Waals surface area contributed by atoms with Crippen molar-refractivity contribution in [2.75, 3.05) is 28.6 Å². The molecule has 3 N–H and O–H groups in total. The van der Waals surface area contributed by atoms with Crippen LogP contribution in [0, 0.1) is 0 Å². The van der Waals surface area contributed by atoms with E-state index in [2.05, 4.69) is 16.0 Å². The second-order valence-electron chi connectivity index (χ2n) is 6.40. The third-order valence-corrected chi connectivity index (χ3v) is 5.29. The van der Waals surface area contributed by atoms with Crippen molar-refractivity contribution in [1.29, 1.82) is 0 Å². The van der Waals surface area contributed by atoms with Crippen LogP contribution < -0.4 is 20.9 Å². The second kappa shape index (κ2) is 8.15. The van der Waals surface area contributed by atoms with Crippen LogP contribution in [-0.2, 0) is 0 Å². The fraction of sp³-hybridized carbons (Fsp3) is 0.0952. The van der Waals surface area contributed by atoms with Crippen molar-refractivity contribution in [2.45, 2.75) is 0 Å². The SMILES string of the molecule is O=C(Nc1cccc(NC(=O)c2cccs2)c1)c1ccc(N2CCNC2=O)cc1. The van der Waals surface area contributed by atoms with E-state index >= 15 is 0 Å². The number of nitrogens with zero attached hydrogens (tertiary/aromatic N) is 1. The molecule has 1 fully saturated rings. The summed E-state index contributed by atoms with van der Waals surface area (Å²) in [6.45, 7) is 1.22. The number of urea groups is 1. The summed E-state index contributed by atoms with van der Waals surface area (Å²) in [5.74, 6) is -0.464. The van der Waals surface area contributed by atoms with Crippen molar-refractivity contribution in [3.8, 4) is 0 Å². The van der Waals surface area contributed by atoms with Crippen molar-refractivity contribution in [2.24, 2.45) is 0 Å². The van der Waals surface area contributed by atoms with E-state index in [-0.39, 0.29) is 17.8 Å². The summed E-state index contributed by atoms with van der Waals surface area (Å²) in [4.78, 5) is 38.7. The Hall–Kier alpha value is -3.65. The molecule has 0 atom stereocenters. The summed E-state index contributed by atoms with van der Waals surface area (Å²) in [6.07, 6.45) is 0. The van der Waals surface area contributed by atoms with Gasteiger partial charge < -0.3 is 16.0 Å². The van der Waals surface area contributed by atoms with Crippen molar-refractivity contribution in [3.63, 3.8) is 0 Å². The number of hydrogen-bond donors (Lipinski definition) is 3. The predicted molar refractivity (Wildman–Crippen MR) is 114 cm³/mol. The summed E-state index contributed by atoms with van der Waals surface area (Å²) >= 11 is 1.36. The highest BCUT2D eigenvalue weighted by molar-refractivity contribution is 7.12. The molecule has 8 heteroatoms. The molecule has 1 saturated heterocycles. The molecular formula is C21H18N4O3S. The Balaban J connectivity index is 1.41. The van der Waals surface area contributed by atoms with Crippen molar-refractivity contribution in [3.05, 3.63) is 76.5 Å². The van der Waals surface area contributed by atoms with Crippen molar-refractivity contribution >= 4 is 46.2 Å². The lowest BCUT2D eigenvalue weighted by Gasteiger charge is -2.14. The monoisotopic (exact) mass is 406 g/mol. The van der Waals surface area contributed by atoms with E-state index in [1.54, 1.807) is 59.5 Å². The Morgan fingerprint density at radius 3 is 2.28 bits per heavy atom. The quantitative estimate of drug-likeness (QED) is 0.602. The minimum atomic E-state index is -0.274. The number of hydrogen-bond acceptors (Lipinski definition) is 4. The van der Waals surface area contributed by atoms with Crippen LogP contribution in [0.4, 0.5) is 21.9 Å². The standard InChI is InChI=1S/C21H18N4O3S/c26-19(14-6-8-17(9-7-14)25-11-10-22-21(25)28)23-15-3-1-4-16(13-15)24-20(27)18-5-2-12-29-18/h1-9,12-13H,10-11H2,(H,22,28)(H,23,26)(H,24,27). The van der Waals surface area contributed by atoms with Gasteiger partial charge in [0.05, 0.1) is 4.88 Å². The van der Waals surface area contributed by atoms with Gasteiger partial charge in [0.1, 0.15) is 0 Å².